The van der Waals surface area contributed by atoms with Gasteiger partial charge in [-0.2, -0.15) is 0 Å². The van der Waals surface area contributed by atoms with Crippen LogP contribution in [0, 0.1) is 0 Å². The average molecular weight is 989 g/mol. The van der Waals surface area contributed by atoms with Crippen molar-refractivity contribution in [3.8, 4) is 0 Å². The Bertz CT molecular complexity index is 1380. The molecule has 358 valence electrons. The molecule has 0 heterocycles. The van der Waals surface area contributed by atoms with Crippen LogP contribution >= 0.6 is 0 Å². The molecule has 4 amide bonds. The summed E-state index contributed by atoms with van der Waals surface area (Å²) in [7, 11) is 16.9. The zero-order valence-corrected chi connectivity index (χ0v) is 44.5. The Labute approximate surface area is 402 Å². The van der Waals surface area contributed by atoms with Gasteiger partial charge in [-0.25, -0.2) is 0 Å². The lowest BCUT2D eigenvalue weighted by Gasteiger charge is -2.35. The highest BCUT2D eigenvalue weighted by Crippen LogP contribution is 2.08. The molecule has 4 N–H and O–H groups in total. The Morgan fingerprint density at radius 1 is 0.475 bits per heavy atom. The predicted octanol–water partition coefficient (Wildman–Crippen LogP) is -7.70. The number of carbonyl (C=O) groups is 4. The highest BCUT2D eigenvalue weighted by Gasteiger charge is 2.20. The second-order valence-electron chi connectivity index (χ2n) is 17.5. The monoisotopic (exact) mass is 987 g/mol. The van der Waals surface area contributed by atoms with Crippen molar-refractivity contribution in [1.29, 1.82) is 0 Å². The number of amides is 4. The van der Waals surface area contributed by atoms with E-state index in [9.17, 15) is 19.2 Å². The molecule has 0 unspecified atom stereocenters. The summed E-state index contributed by atoms with van der Waals surface area (Å²) < 4.78 is 3.63. The zero-order valence-electron chi connectivity index (χ0n) is 40.6. The second-order valence-corrected chi connectivity index (χ2v) is 17.5. The van der Waals surface area contributed by atoms with Gasteiger partial charge in [-0.1, -0.05) is 56.6 Å². The number of halogens is 4. The van der Waals surface area contributed by atoms with Crippen LogP contribution in [-0.2, 0) is 25.7 Å². The minimum Gasteiger partial charge on any atom is -1.00 e. The molecule has 61 heavy (non-hydrogen) atoms. The molecular formula is C45H86BrCl3N8O4. The number of nitrogens with one attached hydrogen (secondary N) is 4. The number of hydrogen-bond acceptors (Lipinski definition) is 4. The molecule has 0 bridgehead atoms. The summed E-state index contributed by atoms with van der Waals surface area (Å²) in [6.07, 6.45) is 0. The molecule has 0 saturated carbocycles. The lowest BCUT2D eigenvalue weighted by molar-refractivity contribution is -0.922. The molecule has 0 aromatic heterocycles. The number of quaternary nitrogens is 4. The van der Waals surface area contributed by atoms with Crippen molar-refractivity contribution in [2.75, 3.05) is 128 Å². The first kappa shape index (κ1) is 72.7. The Hall–Kier alpha value is -2.75. The van der Waals surface area contributed by atoms with Crippen molar-refractivity contribution in [2.24, 2.45) is 0 Å². The van der Waals surface area contributed by atoms with Crippen LogP contribution in [0.3, 0.4) is 0 Å². The lowest BCUT2D eigenvalue weighted by Crippen LogP contribution is -3.00. The van der Waals surface area contributed by atoms with Gasteiger partial charge in [0.05, 0.1) is 128 Å². The Morgan fingerprint density at radius 2 is 0.738 bits per heavy atom. The molecule has 0 aliphatic carbocycles. The smallest absolute Gasteiger partial charge is 0.246 e. The van der Waals surface area contributed by atoms with E-state index in [1.807, 2.05) is 6.07 Å². The first-order chi connectivity index (χ1) is 26.1. The van der Waals surface area contributed by atoms with Crippen molar-refractivity contribution in [1.82, 2.24) is 21.3 Å². The fraction of sp³-hybridized carbons (Fsp3) is 0.600. The van der Waals surface area contributed by atoms with E-state index in [1.165, 1.54) is 5.56 Å². The quantitative estimate of drug-likeness (QED) is 0.0725. The van der Waals surface area contributed by atoms with E-state index in [0.717, 1.165) is 76.8 Å². The third-order valence-electron chi connectivity index (χ3n) is 9.03. The molecule has 0 fully saturated rings. The van der Waals surface area contributed by atoms with Crippen LogP contribution < -0.4 is 75.5 Å². The molecule has 1 aromatic rings. The maximum Gasteiger partial charge on any atom is 0.246 e. The number of hydrogen-bond donors (Lipinski definition) is 4. The third kappa shape index (κ3) is 43.7. The molecule has 0 aliphatic heterocycles. The van der Waals surface area contributed by atoms with Gasteiger partial charge in [0.15, 0.2) is 0 Å². The fourth-order valence-corrected chi connectivity index (χ4v) is 4.79. The van der Waals surface area contributed by atoms with Crippen molar-refractivity contribution in [2.45, 2.75) is 55.0 Å². The summed E-state index contributed by atoms with van der Waals surface area (Å²) in [6.45, 7) is 38.7. The average Bonchev–Trinajstić information content (AvgIpc) is 3.10. The minimum atomic E-state index is -0.0605. The summed E-state index contributed by atoms with van der Waals surface area (Å²) >= 11 is 0. The van der Waals surface area contributed by atoms with Gasteiger partial charge in [-0.3, -0.25) is 19.2 Å². The minimum absolute atomic E-state index is 0. The van der Waals surface area contributed by atoms with Gasteiger partial charge in [0.1, 0.15) is 6.54 Å². The number of benzene rings is 1. The fourth-order valence-electron chi connectivity index (χ4n) is 4.79. The van der Waals surface area contributed by atoms with Crippen LogP contribution in [0.4, 0.5) is 0 Å². The van der Waals surface area contributed by atoms with E-state index in [2.05, 4.69) is 149 Å². The molecule has 0 spiro atoms. The largest absolute Gasteiger partial charge is 1.00 e. The molecule has 12 nitrogen and oxygen atoms in total. The van der Waals surface area contributed by atoms with Crippen molar-refractivity contribution >= 4 is 23.6 Å². The Balaban J connectivity index is -0.000000127. The van der Waals surface area contributed by atoms with Crippen molar-refractivity contribution in [3.63, 3.8) is 0 Å². The van der Waals surface area contributed by atoms with Crippen molar-refractivity contribution in [3.05, 3.63) is 84.5 Å². The number of likely N-dealkylation sites (N-methyl/N-ethyl adjacent to an activating group) is 4. The van der Waals surface area contributed by atoms with Gasteiger partial charge in [-0.15, -0.1) is 0 Å². The molecule has 1 aromatic carbocycles. The van der Waals surface area contributed by atoms with Crippen LogP contribution in [0.25, 0.3) is 0 Å². The van der Waals surface area contributed by atoms with Crippen LogP contribution in [0.5, 0.6) is 0 Å². The SMILES string of the molecule is C=C(C)C(=O)NCC[N+](C)(C)C.C=C(C)C(=O)NCC[N+](C)(C)C.C=C(C)C(=O)NCC[N+](C)(C)Cc1ccccc1.C=C(C)C(=O)NCC[N+](CC)(CC)CC.[Br-].[Cl-].[Cl-].[Cl-]. The topological polar surface area (TPSA) is 116 Å². The molecule has 0 aliphatic rings. The van der Waals surface area contributed by atoms with E-state index in [-0.39, 0.29) is 77.8 Å². The van der Waals surface area contributed by atoms with Gasteiger partial charge in [0, 0.05) is 27.9 Å². The number of rotatable bonds is 21. The molecular weight excluding hydrogens is 903 g/mol. The third-order valence-corrected chi connectivity index (χ3v) is 9.03. The highest BCUT2D eigenvalue weighted by atomic mass is 79.9. The van der Waals surface area contributed by atoms with E-state index in [1.54, 1.807) is 27.7 Å². The normalized spacial score (nSPS) is 10.3. The molecule has 0 radical (unpaired) electrons. The van der Waals surface area contributed by atoms with Gasteiger partial charge >= 0.3 is 0 Å². The summed E-state index contributed by atoms with van der Waals surface area (Å²) in [5, 5.41) is 11.3. The van der Waals surface area contributed by atoms with Gasteiger partial charge in [-0.05, 0) is 48.5 Å². The maximum atomic E-state index is 11.4. The van der Waals surface area contributed by atoms with E-state index in [0.29, 0.717) is 41.9 Å². The lowest BCUT2D eigenvalue weighted by atomic mass is 10.2. The highest BCUT2D eigenvalue weighted by molar-refractivity contribution is 5.93. The molecule has 0 saturated heterocycles. The van der Waals surface area contributed by atoms with Crippen molar-refractivity contribution < 1.29 is 91.3 Å². The summed E-state index contributed by atoms with van der Waals surface area (Å²) in [5.41, 5.74) is 3.59. The maximum absolute atomic E-state index is 11.4. The predicted molar refractivity (Wildman–Crippen MR) is 241 cm³/mol. The summed E-state index contributed by atoms with van der Waals surface area (Å²) in [5.74, 6) is -0.196. The second kappa shape index (κ2) is 37.8. The van der Waals surface area contributed by atoms with Crippen LogP contribution in [0.1, 0.15) is 54.0 Å². The van der Waals surface area contributed by atoms with Crippen LogP contribution in [0.2, 0.25) is 0 Å². The molecule has 0 atom stereocenters. The van der Waals surface area contributed by atoms with E-state index < -0.39 is 0 Å². The summed E-state index contributed by atoms with van der Waals surface area (Å²) in [4.78, 5) is 44.7. The summed E-state index contributed by atoms with van der Waals surface area (Å²) in [6, 6.07) is 10.4. The molecule has 16 heteroatoms. The standard InChI is InChI=1S/C15H22N2O.C12H24N2O.2C9H18N2O.BrH.3ClH/c1-13(2)15(18)16-10-11-17(3,4)12-14-8-6-5-7-9-14;1-6-14(7-2,8-3)10-9-13-12(15)11(4)5;2*1-8(2)9(12)10-6-7-11(3,4)5;;;;/h5-9H,1,10-12H2,2-4H3;4,6-10H2,1-3,5H3;2*1,6-7H2,2-5H3;4*1H. The first-order valence-corrected chi connectivity index (χ1v) is 20.1. The number of carbonyl (C=O) groups excluding carboxylic acids is 4. The van der Waals surface area contributed by atoms with Crippen LogP contribution in [0.15, 0.2) is 78.9 Å². The van der Waals surface area contributed by atoms with Crippen LogP contribution in [-0.4, -0.2) is 170 Å². The van der Waals surface area contributed by atoms with E-state index >= 15 is 0 Å². The Morgan fingerprint density at radius 3 is 0.984 bits per heavy atom. The van der Waals surface area contributed by atoms with Gasteiger partial charge in [0.2, 0.25) is 23.6 Å². The first-order valence-electron chi connectivity index (χ1n) is 20.1. The van der Waals surface area contributed by atoms with Gasteiger partial charge in [0.25, 0.3) is 0 Å². The Kier molecular flexibility index (Phi) is 45.0. The molecule has 1 rings (SSSR count). The zero-order chi connectivity index (χ0) is 45.0. The van der Waals surface area contributed by atoms with E-state index in [4.69, 9.17) is 0 Å². The van der Waals surface area contributed by atoms with Gasteiger partial charge < -0.3 is 93.4 Å². The number of nitrogens with zero attached hydrogens (tertiary/aromatic N) is 4.